The molecular formula is C15H19N3O. The summed E-state index contributed by atoms with van der Waals surface area (Å²) in [5.41, 5.74) is 1.75. The Balaban J connectivity index is 1.52. The zero-order valence-electron chi connectivity index (χ0n) is 10.9. The highest BCUT2D eigenvalue weighted by Crippen LogP contribution is 2.18. The van der Waals surface area contributed by atoms with Gasteiger partial charge in [-0.25, -0.2) is 0 Å². The smallest absolute Gasteiger partial charge is 0.251 e. The lowest BCUT2D eigenvalue weighted by Gasteiger charge is -2.07. The summed E-state index contributed by atoms with van der Waals surface area (Å²) in [4.78, 5) is 15.2. The Morgan fingerprint density at radius 3 is 3.00 bits per heavy atom. The van der Waals surface area contributed by atoms with Crippen LogP contribution >= 0.6 is 0 Å². The van der Waals surface area contributed by atoms with Crippen molar-refractivity contribution in [3.05, 3.63) is 36.0 Å². The van der Waals surface area contributed by atoms with Crippen LogP contribution in [0, 0.1) is 0 Å². The first-order valence-electron chi connectivity index (χ1n) is 6.92. The van der Waals surface area contributed by atoms with Gasteiger partial charge in [-0.3, -0.25) is 4.79 Å². The molecule has 1 heterocycles. The first-order chi connectivity index (χ1) is 9.34. The second-order valence-corrected chi connectivity index (χ2v) is 5.08. The van der Waals surface area contributed by atoms with E-state index in [-0.39, 0.29) is 5.91 Å². The standard InChI is InChI=1S/C15H19N3O/c19-15(18-9-2-8-16-11-5-6-11)13-3-1-4-14-12(13)7-10-17-14/h1,3-4,7,10-11,16-17H,2,5-6,8-9H2,(H,18,19). The molecule has 0 saturated heterocycles. The third kappa shape index (κ3) is 2.96. The van der Waals surface area contributed by atoms with Crippen LogP contribution in [0.2, 0.25) is 0 Å². The highest BCUT2D eigenvalue weighted by atomic mass is 16.1. The average Bonchev–Trinajstić information content (AvgIpc) is 3.12. The van der Waals surface area contributed by atoms with E-state index >= 15 is 0 Å². The van der Waals surface area contributed by atoms with Gasteiger partial charge in [-0.2, -0.15) is 0 Å². The summed E-state index contributed by atoms with van der Waals surface area (Å²) in [5, 5.41) is 7.40. The topological polar surface area (TPSA) is 56.9 Å². The Bertz CT molecular complexity index is 572. The van der Waals surface area contributed by atoms with Crippen LogP contribution < -0.4 is 10.6 Å². The third-order valence-corrected chi connectivity index (χ3v) is 3.49. The molecule has 4 nitrogen and oxygen atoms in total. The van der Waals surface area contributed by atoms with E-state index in [9.17, 15) is 4.79 Å². The fraction of sp³-hybridized carbons (Fsp3) is 0.400. The van der Waals surface area contributed by atoms with E-state index in [2.05, 4.69) is 15.6 Å². The number of aromatic nitrogens is 1. The quantitative estimate of drug-likeness (QED) is 0.694. The molecule has 3 rings (SSSR count). The Kier molecular flexibility index (Phi) is 3.51. The molecule has 1 aromatic heterocycles. The fourth-order valence-electron chi connectivity index (χ4n) is 2.26. The van der Waals surface area contributed by atoms with E-state index in [1.807, 2.05) is 30.5 Å². The van der Waals surface area contributed by atoms with E-state index in [0.29, 0.717) is 0 Å². The fourth-order valence-corrected chi connectivity index (χ4v) is 2.26. The average molecular weight is 257 g/mol. The van der Waals surface area contributed by atoms with E-state index in [4.69, 9.17) is 0 Å². The van der Waals surface area contributed by atoms with Gasteiger partial charge in [0.25, 0.3) is 5.91 Å². The van der Waals surface area contributed by atoms with Gasteiger partial charge in [-0.15, -0.1) is 0 Å². The number of benzene rings is 1. The summed E-state index contributed by atoms with van der Waals surface area (Å²) in [6.07, 6.45) is 5.45. The van der Waals surface area contributed by atoms with Crippen LogP contribution in [0.4, 0.5) is 0 Å². The minimum Gasteiger partial charge on any atom is -0.361 e. The molecular weight excluding hydrogens is 238 g/mol. The maximum absolute atomic E-state index is 12.1. The summed E-state index contributed by atoms with van der Waals surface area (Å²) >= 11 is 0. The van der Waals surface area contributed by atoms with Crippen molar-refractivity contribution < 1.29 is 4.79 Å². The van der Waals surface area contributed by atoms with Crippen LogP contribution in [0.1, 0.15) is 29.6 Å². The third-order valence-electron chi connectivity index (χ3n) is 3.49. The van der Waals surface area contributed by atoms with E-state index in [1.165, 1.54) is 12.8 Å². The first-order valence-corrected chi connectivity index (χ1v) is 6.92. The number of hydrogen-bond acceptors (Lipinski definition) is 2. The number of hydrogen-bond donors (Lipinski definition) is 3. The zero-order valence-corrected chi connectivity index (χ0v) is 10.9. The van der Waals surface area contributed by atoms with E-state index < -0.39 is 0 Å². The molecule has 1 aliphatic rings. The highest BCUT2D eigenvalue weighted by Gasteiger charge is 2.19. The van der Waals surface area contributed by atoms with Gasteiger partial charge < -0.3 is 15.6 Å². The molecule has 0 unspecified atom stereocenters. The van der Waals surface area contributed by atoms with Gasteiger partial charge >= 0.3 is 0 Å². The molecule has 0 atom stereocenters. The molecule has 1 aliphatic carbocycles. The van der Waals surface area contributed by atoms with Crippen molar-refractivity contribution in [2.75, 3.05) is 13.1 Å². The molecule has 0 aliphatic heterocycles. The summed E-state index contributed by atoms with van der Waals surface area (Å²) in [5.74, 6) is 0.0108. The Morgan fingerprint density at radius 2 is 2.16 bits per heavy atom. The first kappa shape index (κ1) is 12.2. The molecule has 1 aromatic carbocycles. The molecule has 0 bridgehead atoms. The Labute approximate surface area is 112 Å². The van der Waals surface area contributed by atoms with Crippen molar-refractivity contribution in [3.63, 3.8) is 0 Å². The number of rotatable bonds is 6. The molecule has 1 saturated carbocycles. The van der Waals surface area contributed by atoms with Crippen LogP contribution in [-0.4, -0.2) is 30.0 Å². The molecule has 4 heteroatoms. The number of H-pyrrole nitrogens is 1. The molecule has 2 aromatic rings. The summed E-state index contributed by atoms with van der Waals surface area (Å²) in [6.45, 7) is 1.71. The van der Waals surface area contributed by atoms with Crippen molar-refractivity contribution in [3.8, 4) is 0 Å². The Hall–Kier alpha value is -1.81. The molecule has 3 N–H and O–H groups in total. The number of carbonyl (C=O) groups excluding carboxylic acids is 1. The van der Waals surface area contributed by atoms with Crippen molar-refractivity contribution in [1.82, 2.24) is 15.6 Å². The van der Waals surface area contributed by atoms with Crippen LogP contribution in [0.5, 0.6) is 0 Å². The molecule has 0 radical (unpaired) electrons. The summed E-state index contributed by atoms with van der Waals surface area (Å²) < 4.78 is 0. The minimum atomic E-state index is 0.0108. The maximum Gasteiger partial charge on any atom is 0.251 e. The minimum absolute atomic E-state index is 0.0108. The van der Waals surface area contributed by atoms with Crippen molar-refractivity contribution in [2.45, 2.75) is 25.3 Å². The van der Waals surface area contributed by atoms with Crippen LogP contribution in [0.3, 0.4) is 0 Å². The monoisotopic (exact) mass is 257 g/mol. The van der Waals surface area contributed by atoms with Crippen LogP contribution in [0.15, 0.2) is 30.5 Å². The molecule has 0 spiro atoms. The van der Waals surface area contributed by atoms with Gasteiger partial charge in [0.15, 0.2) is 0 Å². The van der Waals surface area contributed by atoms with E-state index in [0.717, 1.165) is 42.0 Å². The predicted molar refractivity (Wildman–Crippen MR) is 76.3 cm³/mol. The zero-order chi connectivity index (χ0) is 13.1. The summed E-state index contributed by atoms with van der Waals surface area (Å²) in [6, 6.07) is 8.44. The van der Waals surface area contributed by atoms with Crippen molar-refractivity contribution in [2.24, 2.45) is 0 Å². The molecule has 19 heavy (non-hydrogen) atoms. The van der Waals surface area contributed by atoms with Gasteiger partial charge in [0.1, 0.15) is 0 Å². The van der Waals surface area contributed by atoms with Gasteiger partial charge in [-0.05, 0) is 44.0 Å². The largest absolute Gasteiger partial charge is 0.361 e. The van der Waals surface area contributed by atoms with Crippen LogP contribution in [0.25, 0.3) is 10.9 Å². The van der Waals surface area contributed by atoms with Crippen molar-refractivity contribution >= 4 is 16.8 Å². The lowest BCUT2D eigenvalue weighted by Crippen LogP contribution is -2.28. The maximum atomic E-state index is 12.1. The van der Waals surface area contributed by atoms with Gasteiger partial charge in [-0.1, -0.05) is 6.07 Å². The Morgan fingerprint density at radius 1 is 1.26 bits per heavy atom. The number of aromatic amines is 1. The summed E-state index contributed by atoms with van der Waals surface area (Å²) in [7, 11) is 0. The van der Waals surface area contributed by atoms with Gasteiger partial charge in [0, 0.05) is 35.2 Å². The number of carbonyl (C=O) groups is 1. The lowest BCUT2D eigenvalue weighted by molar-refractivity contribution is 0.0955. The van der Waals surface area contributed by atoms with Gasteiger partial charge in [0.2, 0.25) is 0 Å². The van der Waals surface area contributed by atoms with Gasteiger partial charge in [0.05, 0.1) is 0 Å². The lowest BCUT2D eigenvalue weighted by atomic mass is 10.1. The highest BCUT2D eigenvalue weighted by molar-refractivity contribution is 6.06. The SMILES string of the molecule is O=C(NCCCNC1CC1)c1cccc2[nH]ccc12. The number of amides is 1. The van der Waals surface area contributed by atoms with Crippen LogP contribution in [-0.2, 0) is 0 Å². The second-order valence-electron chi connectivity index (χ2n) is 5.08. The normalized spacial score (nSPS) is 14.7. The molecule has 1 fully saturated rings. The van der Waals surface area contributed by atoms with E-state index in [1.54, 1.807) is 0 Å². The number of nitrogens with one attached hydrogen (secondary N) is 3. The molecule has 1 amide bonds. The second kappa shape index (κ2) is 5.45. The predicted octanol–water partition coefficient (Wildman–Crippen LogP) is 2.04. The van der Waals surface area contributed by atoms with Crippen molar-refractivity contribution in [1.29, 1.82) is 0 Å². The molecule has 100 valence electrons. The number of fused-ring (bicyclic) bond motifs is 1.